The third kappa shape index (κ3) is 2.75. The monoisotopic (exact) mass is 248 g/mol. The van der Waals surface area contributed by atoms with Crippen molar-refractivity contribution in [2.45, 2.75) is 19.4 Å². The van der Waals surface area contributed by atoms with Crippen LogP contribution in [0.2, 0.25) is 0 Å². The quantitative estimate of drug-likeness (QED) is 0.638. The minimum Gasteiger partial charge on any atom is -0.271 e. The Morgan fingerprint density at radius 1 is 1.39 bits per heavy atom. The van der Waals surface area contributed by atoms with E-state index in [1.165, 1.54) is 12.1 Å². The highest BCUT2D eigenvalue weighted by Gasteiger charge is 2.15. The molecule has 0 aliphatic carbocycles. The van der Waals surface area contributed by atoms with E-state index in [0.29, 0.717) is 6.42 Å². The van der Waals surface area contributed by atoms with Crippen LogP contribution in [0.25, 0.3) is 0 Å². The lowest BCUT2D eigenvalue weighted by Gasteiger charge is -2.16. The van der Waals surface area contributed by atoms with Crippen LogP contribution in [0.3, 0.4) is 0 Å². The highest BCUT2D eigenvalue weighted by molar-refractivity contribution is 5.21. The van der Waals surface area contributed by atoms with Crippen molar-refractivity contribution < 1.29 is 4.39 Å². The van der Waals surface area contributed by atoms with Gasteiger partial charge in [0.1, 0.15) is 5.82 Å². The number of nitrogens with zero attached hydrogens (tertiary/aromatic N) is 2. The second-order valence-electron chi connectivity index (χ2n) is 4.38. The van der Waals surface area contributed by atoms with Crippen molar-refractivity contribution in [3.63, 3.8) is 0 Å². The van der Waals surface area contributed by atoms with E-state index < -0.39 is 0 Å². The number of benzene rings is 1. The number of rotatable bonds is 4. The van der Waals surface area contributed by atoms with E-state index in [-0.39, 0.29) is 11.9 Å². The van der Waals surface area contributed by atoms with Crippen LogP contribution in [0.4, 0.5) is 4.39 Å². The Balaban J connectivity index is 2.19. The van der Waals surface area contributed by atoms with E-state index in [1.807, 2.05) is 24.7 Å². The zero-order valence-electron chi connectivity index (χ0n) is 10.5. The molecule has 0 radical (unpaired) electrons. The smallest absolute Gasteiger partial charge is 0.123 e. The van der Waals surface area contributed by atoms with Gasteiger partial charge in [-0.1, -0.05) is 12.1 Å². The Hall–Kier alpha value is -1.72. The molecule has 1 unspecified atom stereocenters. The van der Waals surface area contributed by atoms with Crippen molar-refractivity contribution in [2.75, 3.05) is 0 Å². The van der Waals surface area contributed by atoms with Crippen LogP contribution in [0.5, 0.6) is 0 Å². The summed E-state index contributed by atoms with van der Waals surface area (Å²) in [5, 5.41) is 4.30. The topological polar surface area (TPSA) is 55.9 Å². The summed E-state index contributed by atoms with van der Waals surface area (Å²) >= 11 is 0. The molecular formula is C13H17FN4. The second kappa shape index (κ2) is 5.29. The van der Waals surface area contributed by atoms with Crippen LogP contribution >= 0.6 is 0 Å². The molecule has 0 amide bonds. The molecule has 0 saturated carbocycles. The molecule has 18 heavy (non-hydrogen) atoms. The van der Waals surface area contributed by atoms with E-state index in [0.717, 1.165) is 17.0 Å². The van der Waals surface area contributed by atoms with Gasteiger partial charge in [0.05, 0.1) is 17.4 Å². The Morgan fingerprint density at radius 2 is 2.06 bits per heavy atom. The summed E-state index contributed by atoms with van der Waals surface area (Å²) in [6.07, 6.45) is 0.690. The standard InChI is InChI=1S/C13H17FN4/c1-9-7-13(18(2)17-9)12(16-15)8-10-3-5-11(14)6-4-10/h3-7,12,16H,8,15H2,1-2H3. The zero-order chi connectivity index (χ0) is 13.1. The maximum atomic E-state index is 12.8. The number of aryl methyl sites for hydroxylation is 2. The Morgan fingerprint density at radius 3 is 2.56 bits per heavy atom. The first kappa shape index (κ1) is 12.7. The van der Waals surface area contributed by atoms with Gasteiger partial charge in [0.15, 0.2) is 0 Å². The first-order valence-electron chi connectivity index (χ1n) is 5.81. The number of nitrogens with two attached hydrogens (primary N) is 1. The molecule has 2 aromatic rings. The average Bonchev–Trinajstić information content (AvgIpc) is 2.68. The number of hydrogen-bond acceptors (Lipinski definition) is 3. The van der Waals surface area contributed by atoms with E-state index in [9.17, 15) is 4.39 Å². The Bertz CT molecular complexity index is 518. The van der Waals surface area contributed by atoms with Gasteiger partial charge in [-0.15, -0.1) is 0 Å². The van der Waals surface area contributed by atoms with E-state index in [1.54, 1.807) is 12.1 Å². The maximum absolute atomic E-state index is 12.8. The summed E-state index contributed by atoms with van der Waals surface area (Å²) in [6.45, 7) is 1.94. The average molecular weight is 248 g/mol. The van der Waals surface area contributed by atoms with Crippen LogP contribution in [0.1, 0.15) is 23.0 Å². The predicted molar refractivity (Wildman–Crippen MR) is 68.1 cm³/mol. The lowest BCUT2D eigenvalue weighted by molar-refractivity contribution is 0.508. The Kier molecular flexibility index (Phi) is 3.74. The van der Waals surface area contributed by atoms with Gasteiger partial charge in [0.2, 0.25) is 0 Å². The third-order valence-corrected chi connectivity index (χ3v) is 2.95. The minimum absolute atomic E-state index is 0.0401. The van der Waals surface area contributed by atoms with Gasteiger partial charge in [-0.05, 0) is 37.1 Å². The predicted octanol–water partition coefficient (Wildman–Crippen LogP) is 1.61. The molecular weight excluding hydrogens is 231 g/mol. The van der Waals surface area contributed by atoms with Crippen LogP contribution in [0, 0.1) is 12.7 Å². The highest BCUT2D eigenvalue weighted by Crippen LogP contribution is 2.18. The van der Waals surface area contributed by atoms with Crippen LogP contribution in [0.15, 0.2) is 30.3 Å². The van der Waals surface area contributed by atoms with Gasteiger partial charge in [-0.2, -0.15) is 5.10 Å². The fourth-order valence-corrected chi connectivity index (χ4v) is 2.06. The largest absolute Gasteiger partial charge is 0.271 e. The van der Waals surface area contributed by atoms with Gasteiger partial charge in [-0.25, -0.2) is 4.39 Å². The fraction of sp³-hybridized carbons (Fsp3) is 0.308. The number of hydrazine groups is 1. The molecule has 3 N–H and O–H groups in total. The van der Waals surface area contributed by atoms with E-state index in [4.69, 9.17) is 5.84 Å². The molecule has 4 nitrogen and oxygen atoms in total. The van der Waals surface area contributed by atoms with Crippen LogP contribution < -0.4 is 11.3 Å². The molecule has 0 aliphatic rings. The van der Waals surface area contributed by atoms with E-state index >= 15 is 0 Å². The SMILES string of the molecule is Cc1cc(C(Cc2ccc(F)cc2)NN)n(C)n1. The molecule has 0 fully saturated rings. The van der Waals surface area contributed by atoms with Crippen molar-refractivity contribution in [1.29, 1.82) is 0 Å². The van der Waals surface area contributed by atoms with Gasteiger partial charge in [0, 0.05) is 7.05 Å². The summed E-state index contributed by atoms with van der Waals surface area (Å²) in [5.41, 5.74) is 5.77. The molecule has 0 saturated heterocycles. The maximum Gasteiger partial charge on any atom is 0.123 e. The molecule has 1 heterocycles. The number of aromatic nitrogens is 2. The highest BCUT2D eigenvalue weighted by atomic mass is 19.1. The summed E-state index contributed by atoms with van der Waals surface area (Å²) in [7, 11) is 1.89. The fourth-order valence-electron chi connectivity index (χ4n) is 2.06. The van der Waals surface area contributed by atoms with Crippen molar-refractivity contribution >= 4 is 0 Å². The zero-order valence-corrected chi connectivity index (χ0v) is 10.5. The Labute approximate surface area is 106 Å². The number of hydrogen-bond donors (Lipinski definition) is 2. The molecule has 0 bridgehead atoms. The van der Waals surface area contributed by atoms with Crippen molar-refractivity contribution in [2.24, 2.45) is 12.9 Å². The molecule has 0 spiro atoms. The van der Waals surface area contributed by atoms with Gasteiger partial charge in [-0.3, -0.25) is 16.0 Å². The van der Waals surface area contributed by atoms with Crippen molar-refractivity contribution in [1.82, 2.24) is 15.2 Å². The summed E-state index contributed by atoms with van der Waals surface area (Å²) in [5.74, 6) is 5.37. The molecule has 5 heteroatoms. The van der Waals surface area contributed by atoms with Crippen LogP contribution in [-0.2, 0) is 13.5 Å². The first-order valence-corrected chi connectivity index (χ1v) is 5.81. The first-order chi connectivity index (χ1) is 8.60. The molecule has 1 atom stereocenters. The summed E-state index contributed by atoms with van der Waals surface area (Å²) < 4.78 is 14.7. The summed E-state index contributed by atoms with van der Waals surface area (Å²) in [6, 6.07) is 8.40. The van der Waals surface area contributed by atoms with Gasteiger partial charge >= 0.3 is 0 Å². The molecule has 96 valence electrons. The lowest BCUT2D eigenvalue weighted by atomic mass is 10.0. The molecule has 1 aromatic carbocycles. The number of nitrogens with one attached hydrogen (secondary N) is 1. The van der Waals surface area contributed by atoms with Gasteiger partial charge < -0.3 is 0 Å². The van der Waals surface area contributed by atoms with Crippen molar-refractivity contribution in [3.8, 4) is 0 Å². The van der Waals surface area contributed by atoms with Crippen molar-refractivity contribution in [3.05, 3.63) is 53.1 Å². The minimum atomic E-state index is -0.229. The number of halogens is 1. The molecule has 0 aliphatic heterocycles. The third-order valence-electron chi connectivity index (χ3n) is 2.95. The summed E-state index contributed by atoms with van der Waals surface area (Å²) in [4.78, 5) is 0. The lowest BCUT2D eigenvalue weighted by Crippen LogP contribution is -2.31. The second-order valence-corrected chi connectivity index (χ2v) is 4.38. The normalized spacial score (nSPS) is 12.7. The molecule has 2 rings (SSSR count). The van der Waals surface area contributed by atoms with Gasteiger partial charge in [0.25, 0.3) is 0 Å². The van der Waals surface area contributed by atoms with Crippen LogP contribution in [-0.4, -0.2) is 9.78 Å². The van der Waals surface area contributed by atoms with E-state index in [2.05, 4.69) is 10.5 Å². The molecule has 1 aromatic heterocycles.